The molecule has 0 aliphatic carbocycles. The number of aliphatic carboxylic acids is 1. The van der Waals surface area contributed by atoms with E-state index in [-0.39, 0.29) is 17.4 Å². The van der Waals surface area contributed by atoms with E-state index < -0.39 is 5.97 Å². The van der Waals surface area contributed by atoms with Crippen LogP contribution in [0.15, 0.2) is 18.2 Å². The van der Waals surface area contributed by atoms with Gasteiger partial charge in [-0.3, -0.25) is 4.79 Å². The number of para-hydroxylation sites is 1. The summed E-state index contributed by atoms with van der Waals surface area (Å²) in [5.74, 6) is -0.859. The van der Waals surface area contributed by atoms with E-state index >= 15 is 0 Å². The molecule has 1 aliphatic heterocycles. The molecule has 3 N–H and O–H groups in total. The standard InChI is InChI=1S/C15H21NO3/c1-15(2,3)11-6-4-5-10(13(11)17)12-7-9(8-16-12)14(18)19/h4-6,9,12,16-17H,7-8H2,1-3H3,(H,18,19). The molecule has 104 valence electrons. The quantitative estimate of drug-likeness (QED) is 0.766. The highest BCUT2D eigenvalue weighted by atomic mass is 16.4. The summed E-state index contributed by atoms with van der Waals surface area (Å²) < 4.78 is 0. The Morgan fingerprint density at radius 1 is 1.37 bits per heavy atom. The van der Waals surface area contributed by atoms with Gasteiger partial charge in [0, 0.05) is 18.2 Å². The van der Waals surface area contributed by atoms with Crippen molar-refractivity contribution in [1.29, 1.82) is 0 Å². The molecule has 4 nitrogen and oxygen atoms in total. The lowest BCUT2D eigenvalue weighted by molar-refractivity contribution is -0.141. The Balaban J connectivity index is 2.30. The lowest BCUT2D eigenvalue weighted by atomic mass is 9.84. The number of nitrogens with one attached hydrogen (secondary N) is 1. The van der Waals surface area contributed by atoms with Gasteiger partial charge in [0.25, 0.3) is 0 Å². The first-order valence-electron chi connectivity index (χ1n) is 6.59. The molecule has 0 amide bonds. The van der Waals surface area contributed by atoms with Gasteiger partial charge < -0.3 is 15.5 Å². The third-order valence-electron chi connectivity index (χ3n) is 3.73. The average Bonchev–Trinajstić information content (AvgIpc) is 2.77. The Morgan fingerprint density at radius 3 is 2.58 bits per heavy atom. The number of benzene rings is 1. The second kappa shape index (κ2) is 4.85. The van der Waals surface area contributed by atoms with Crippen molar-refractivity contribution in [3.63, 3.8) is 0 Å². The zero-order valence-corrected chi connectivity index (χ0v) is 11.6. The Labute approximate surface area is 113 Å². The van der Waals surface area contributed by atoms with Crippen LogP contribution in [-0.4, -0.2) is 22.7 Å². The molecule has 0 aromatic heterocycles. The van der Waals surface area contributed by atoms with Gasteiger partial charge in [0.15, 0.2) is 0 Å². The Bertz CT molecular complexity index is 491. The van der Waals surface area contributed by atoms with E-state index in [1.54, 1.807) is 0 Å². The summed E-state index contributed by atoms with van der Waals surface area (Å²) in [5.41, 5.74) is 1.56. The number of carboxylic acid groups (broad SMARTS) is 1. The SMILES string of the molecule is CC(C)(C)c1cccc(C2CC(C(=O)O)CN2)c1O. The van der Waals surface area contributed by atoms with E-state index in [1.807, 2.05) is 39.0 Å². The second-order valence-corrected chi connectivity index (χ2v) is 6.23. The maximum absolute atomic E-state index is 11.0. The fraction of sp³-hybridized carbons (Fsp3) is 0.533. The smallest absolute Gasteiger partial charge is 0.307 e. The van der Waals surface area contributed by atoms with Gasteiger partial charge in [-0.2, -0.15) is 0 Å². The third-order valence-corrected chi connectivity index (χ3v) is 3.73. The number of carbonyl (C=O) groups is 1. The molecular weight excluding hydrogens is 242 g/mol. The van der Waals surface area contributed by atoms with E-state index in [0.29, 0.717) is 18.7 Å². The molecule has 1 fully saturated rings. The van der Waals surface area contributed by atoms with E-state index in [1.165, 1.54) is 0 Å². The van der Waals surface area contributed by atoms with Crippen molar-refractivity contribution in [2.45, 2.75) is 38.6 Å². The first-order valence-corrected chi connectivity index (χ1v) is 6.59. The van der Waals surface area contributed by atoms with Gasteiger partial charge in [-0.15, -0.1) is 0 Å². The molecular formula is C15H21NO3. The van der Waals surface area contributed by atoms with Gasteiger partial charge in [-0.25, -0.2) is 0 Å². The van der Waals surface area contributed by atoms with Gasteiger partial charge in [-0.05, 0) is 17.4 Å². The van der Waals surface area contributed by atoms with Crippen LogP contribution in [0.2, 0.25) is 0 Å². The summed E-state index contributed by atoms with van der Waals surface area (Å²) in [7, 11) is 0. The van der Waals surface area contributed by atoms with Gasteiger partial charge in [-0.1, -0.05) is 39.0 Å². The largest absolute Gasteiger partial charge is 0.507 e. The van der Waals surface area contributed by atoms with Crippen molar-refractivity contribution >= 4 is 5.97 Å². The molecule has 0 bridgehead atoms. The van der Waals surface area contributed by atoms with Crippen LogP contribution in [0, 0.1) is 5.92 Å². The normalized spacial score (nSPS) is 23.5. The number of phenolic OH excluding ortho intramolecular Hbond substituents is 1. The molecule has 1 aromatic rings. The zero-order chi connectivity index (χ0) is 14.2. The summed E-state index contributed by atoms with van der Waals surface area (Å²) in [6, 6.07) is 5.63. The van der Waals surface area contributed by atoms with E-state index in [9.17, 15) is 9.90 Å². The lowest BCUT2D eigenvalue weighted by Crippen LogP contribution is -2.18. The van der Waals surface area contributed by atoms with Crippen LogP contribution in [-0.2, 0) is 10.2 Å². The maximum Gasteiger partial charge on any atom is 0.307 e. The highest BCUT2D eigenvalue weighted by Crippen LogP contribution is 2.38. The molecule has 1 aliphatic rings. The minimum atomic E-state index is -0.776. The van der Waals surface area contributed by atoms with Crippen molar-refractivity contribution in [2.75, 3.05) is 6.54 Å². The maximum atomic E-state index is 11.0. The molecule has 1 aromatic carbocycles. The number of phenols is 1. The second-order valence-electron chi connectivity index (χ2n) is 6.23. The number of hydrogen-bond acceptors (Lipinski definition) is 3. The van der Waals surface area contributed by atoms with Crippen molar-refractivity contribution in [1.82, 2.24) is 5.32 Å². The van der Waals surface area contributed by atoms with Crippen LogP contribution in [0.25, 0.3) is 0 Å². The number of carboxylic acids is 1. The molecule has 1 saturated heterocycles. The van der Waals surface area contributed by atoms with Crippen LogP contribution >= 0.6 is 0 Å². The molecule has 2 rings (SSSR count). The van der Waals surface area contributed by atoms with E-state index in [2.05, 4.69) is 5.32 Å². The molecule has 0 radical (unpaired) electrons. The van der Waals surface area contributed by atoms with Crippen molar-refractivity contribution in [2.24, 2.45) is 5.92 Å². The first kappa shape index (κ1) is 13.9. The molecule has 19 heavy (non-hydrogen) atoms. The summed E-state index contributed by atoms with van der Waals surface area (Å²) in [6.07, 6.45) is 0.524. The molecule has 0 saturated carbocycles. The minimum absolute atomic E-state index is 0.0802. The van der Waals surface area contributed by atoms with Gasteiger partial charge in [0.2, 0.25) is 0 Å². The van der Waals surface area contributed by atoms with E-state index in [4.69, 9.17) is 5.11 Å². The Morgan fingerprint density at radius 2 is 2.05 bits per heavy atom. The summed E-state index contributed by atoms with van der Waals surface area (Å²) >= 11 is 0. The Hall–Kier alpha value is -1.55. The number of rotatable bonds is 2. The lowest BCUT2D eigenvalue weighted by Gasteiger charge is -2.23. The predicted molar refractivity (Wildman–Crippen MR) is 73.3 cm³/mol. The van der Waals surface area contributed by atoms with Gasteiger partial charge in [0.1, 0.15) is 5.75 Å². The third kappa shape index (κ3) is 2.73. The van der Waals surface area contributed by atoms with Crippen molar-refractivity contribution in [3.8, 4) is 5.75 Å². The summed E-state index contributed by atoms with van der Waals surface area (Å²) in [5, 5.41) is 22.6. The highest BCUT2D eigenvalue weighted by molar-refractivity contribution is 5.71. The van der Waals surface area contributed by atoms with Gasteiger partial charge in [0.05, 0.1) is 5.92 Å². The van der Waals surface area contributed by atoms with Crippen LogP contribution in [0.1, 0.15) is 44.4 Å². The molecule has 4 heteroatoms. The van der Waals surface area contributed by atoms with Crippen LogP contribution in [0.5, 0.6) is 5.75 Å². The molecule has 0 spiro atoms. The monoisotopic (exact) mass is 263 g/mol. The predicted octanol–water partition coefficient (Wildman–Crippen LogP) is 2.42. The summed E-state index contributed by atoms with van der Waals surface area (Å²) in [4.78, 5) is 11.0. The van der Waals surface area contributed by atoms with Crippen molar-refractivity contribution in [3.05, 3.63) is 29.3 Å². The fourth-order valence-corrected chi connectivity index (χ4v) is 2.61. The van der Waals surface area contributed by atoms with Crippen molar-refractivity contribution < 1.29 is 15.0 Å². The number of hydrogen-bond donors (Lipinski definition) is 3. The fourth-order valence-electron chi connectivity index (χ4n) is 2.61. The Kier molecular flexibility index (Phi) is 3.54. The summed E-state index contributed by atoms with van der Waals surface area (Å²) in [6.45, 7) is 6.61. The first-order chi connectivity index (χ1) is 8.80. The van der Waals surface area contributed by atoms with Gasteiger partial charge >= 0.3 is 5.97 Å². The number of aromatic hydroxyl groups is 1. The minimum Gasteiger partial charge on any atom is -0.507 e. The molecule has 2 atom stereocenters. The van der Waals surface area contributed by atoms with Crippen LogP contribution in [0.3, 0.4) is 0 Å². The topological polar surface area (TPSA) is 69.6 Å². The zero-order valence-electron chi connectivity index (χ0n) is 11.6. The average molecular weight is 263 g/mol. The van der Waals surface area contributed by atoms with Crippen LogP contribution < -0.4 is 5.32 Å². The van der Waals surface area contributed by atoms with Crippen LogP contribution in [0.4, 0.5) is 0 Å². The molecule has 1 heterocycles. The van der Waals surface area contributed by atoms with E-state index in [0.717, 1.165) is 11.1 Å². The highest BCUT2D eigenvalue weighted by Gasteiger charge is 2.32. The molecule has 2 unspecified atom stereocenters.